The van der Waals surface area contributed by atoms with Crippen LogP contribution < -0.4 is 0 Å². The zero-order chi connectivity index (χ0) is 23.5. The minimum Gasteiger partial charge on any atom is -0.500 e. The summed E-state index contributed by atoms with van der Waals surface area (Å²) in [7, 11) is 0. The number of pyridine rings is 2. The first-order valence-electron chi connectivity index (χ1n) is 11.3. The van der Waals surface area contributed by atoms with Crippen molar-refractivity contribution in [2.45, 2.75) is 6.92 Å². The Bertz CT molecular complexity index is 1550. The summed E-state index contributed by atoms with van der Waals surface area (Å²) in [5, 5.41) is 2.02. The van der Waals surface area contributed by atoms with Gasteiger partial charge in [0, 0.05) is 37.9 Å². The Morgan fingerprint density at radius 2 is 1.58 bits per heavy atom. The molecule has 0 N–H and O–H groups in total. The van der Waals surface area contributed by atoms with Crippen LogP contribution in [-0.4, -0.2) is 9.97 Å². The Kier molecular flexibility index (Phi) is 6.29. The Morgan fingerprint density at radius 1 is 0.758 bits per heavy atom. The second-order valence-electron chi connectivity index (χ2n) is 7.20. The van der Waals surface area contributed by atoms with E-state index >= 15 is 0 Å². The molecule has 33 heavy (non-hydrogen) atoms. The van der Waals surface area contributed by atoms with Crippen molar-refractivity contribution in [3.05, 3.63) is 121 Å². The Hall–Kier alpha value is -3.59. The van der Waals surface area contributed by atoms with Gasteiger partial charge in [-0.1, -0.05) is 53.4 Å². The molecular weight excluding hydrogens is 585 g/mol. The topological polar surface area (TPSA) is 38.9 Å². The van der Waals surface area contributed by atoms with E-state index in [4.69, 9.17) is 7.16 Å². The zero-order valence-electron chi connectivity index (χ0n) is 19.8. The summed E-state index contributed by atoms with van der Waals surface area (Å²) in [4.78, 5) is 8.47. The van der Waals surface area contributed by atoms with Crippen molar-refractivity contribution in [1.29, 1.82) is 0 Å². The van der Waals surface area contributed by atoms with Crippen LogP contribution in [0.15, 0.2) is 108 Å². The maximum absolute atomic E-state index is 8.07. The van der Waals surface area contributed by atoms with Gasteiger partial charge in [0.2, 0.25) is 0 Å². The van der Waals surface area contributed by atoms with E-state index in [9.17, 15) is 0 Å². The standard InChI is InChI=1S/C18H12NO.C11H8N.Ir/c1-12-6-4-7-13-14-8-5-9-15(18(14)20-17(12)13)16-10-2-3-11-19-16;1-2-6-10(7-3-1)11-8-4-5-9-12-11;/h2-8,10-11H,1H3;1-6,8-9H;/q2*-1;/i2D,10D;;. The average Bonchev–Trinajstić information content (AvgIpc) is 3.28. The number of fused-ring (bicyclic) bond motifs is 3. The summed E-state index contributed by atoms with van der Waals surface area (Å²) in [6, 6.07) is 31.5. The van der Waals surface area contributed by atoms with Crippen LogP contribution >= 0.6 is 0 Å². The monoisotopic (exact) mass is 607 g/mol. The van der Waals surface area contributed by atoms with Crippen molar-refractivity contribution in [1.82, 2.24) is 9.97 Å². The number of aromatic nitrogens is 2. The number of para-hydroxylation sites is 1. The van der Waals surface area contributed by atoms with Gasteiger partial charge in [0.25, 0.3) is 0 Å². The van der Waals surface area contributed by atoms with E-state index in [1.807, 2.05) is 79.7 Å². The molecule has 163 valence electrons. The zero-order valence-corrected chi connectivity index (χ0v) is 20.2. The normalized spacial score (nSPS) is 11.2. The molecule has 4 heteroatoms. The van der Waals surface area contributed by atoms with E-state index in [1.54, 1.807) is 6.20 Å². The maximum Gasteiger partial charge on any atom is 0.123 e. The van der Waals surface area contributed by atoms with Crippen LogP contribution in [0, 0.1) is 19.1 Å². The minimum atomic E-state index is 0. The van der Waals surface area contributed by atoms with Crippen LogP contribution in [-0.2, 0) is 20.1 Å². The van der Waals surface area contributed by atoms with Gasteiger partial charge in [0.15, 0.2) is 0 Å². The van der Waals surface area contributed by atoms with Crippen molar-refractivity contribution in [3.8, 4) is 22.5 Å². The fourth-order valence-electron chi connectivity index (χ4n) is 3.57. The van der Waals surface area contributed by atoms with Gasteiger partial charge < -0.3 is 14.4 Å². The molecule has 6 rings (SSSR count). The summed E-state index contributed by atoms with van der Waals surface area (Å²) >= 11 is 0. The van der Waals surface area contributed by atoms with E-state index in [2.05, 4.69) is 22.1 Å². The summed E-state index contributed by atoms with van der Waals surface area (Å²) in [5.41, 5.74) is 5.64. The molecule has 0 aliphatic carbocycles. The van der Waals surface area contributed by atoms with Crippen LogP contribution in [0.25, 0.3) is 44.5 Å². The van der Waals surface area contributed by atoms with Gasteiger partial charge in [-0.05, 0) is 36.0 Å². The van der Waals surface area contributed by atoms with Gasteiger partial charge >= 0.3 is 0 Å². The predicted octanol–water partition coefficient (Wildman–Crippen LogP) is 7.30. The second-order valence-corrected chi connectivity index (χ2v) is 7.20. The number of hydrogen-bond donors (Lipinski definition) is 0. The molecule has 1 radical (unpaired) electrons. The molecular formula is C29H20IrN2O-2. The van der Waals surface area contributed by atoms with Gasteiger partial charge in [0.05, 0.1) is 8.32 Å². The summed E-state index contributed by atoms with van der Waals surface area (Å²) in [5.74, 6) is 0. The summed E-state index contributed by atoms with van der Waals surface area (Å²) in [6.45, 7) is 2.01. The van der Waals surface area contributed by atoms with E-state index in [0.29, 0.717) is 16.8 Å². The summed E-state index contributed by atoms with van der Waals surface area (Å²) in [6.07, 6.45) is 3.33. The van der Waals surface area contributed by atoms with Crippen molar-refractivity contribution < 1.29 is 27.3 Å². The molecule has 0 aliphatic heterocycles. The largest absolute Gasteiger partial charge is 0.500 e. The van der Waals surface area contributed by atoms with Crippen molar-refractivity contribution >= 4 is 21.9 Å². The van der Waals surface area contributed by atoms with E-state index < -0.39 is 0 Å². The third-order valence-corrected chi connectivity index (χ3v) is 5.09. The smallest absolute Gasteiger partial charge is 0.123 e. The van der Waals surface area contributed by atoms with Crippen LogP contribution in [0.1, 0.15) is 8.30 Å². The first-order valence-corrected chi connectivity index (χ1v) is 10.3. The van der Waals surface area contributed by atoms with E-state index in [-0.39, 0.29) is 32.2 Å². The first kappa shape index (κ1) is 20.0. The molecule has 0 atom stereocenters. The third-order valence-electron chi connectivity index (χ3n) is 5.09. The second kappa shape index (κ2) is 10.4. The molecule has 0 unspecified atom stereocenters. The first-order chi connectivity index (χ1) is 16.6. The molecule has 3 nitrogen and oxygen atoms in total. The van der Waals surface area contributed by atoms with Crippen LogP contribution in [0.5, 0.6) is 0 Å². The SMILES string of the molecule is [2H]c1ccnc(-c2[c-]ccc3c2oc2c(C)cccc23)c1[2H].[Ir].[c-]1ccccc1-c1ccccn1. The number of aryl methyl sites for hydroxylation is 1. The molecule has 0 bridgehead atoms. The van der Waals surface area contributed by atoms with E-state index in [0.717, 1.165) is 33.2 Å². The van der Waals surface area contributed by atoms with Crippen molar-refractivity contribution in [3.63, 3.8) is 0 Å². The number of furan rings is 1. The van der Waals surface area contributed by atoms with Crippen LogP contribution in [0.2, 0.25) is 0 Å². The molecule has 0 fully saturated rings. The Balaban J connectivity index is 0.000000189. The van der Waals surface area contributed by atoms with Crippen LogP contribution in [0.4, 0.5) is 0 Å². The molecule has 3 heterocycles. The number of rotatable bonds is 2. The van der Waals surface area contributed by atoms with Crippen molar-refractivity contribution in [2.24, 2.45) is 0 Å². The maximum atomic E-state index is 8.07. The third kappa shape index (κ3) is 4.78. The predicted molar refractivity (Wildman–Crippen MR) is 129 cm³/mol. The van der Waals surface area contributed by atoms with Gasteiger partial charge in [-0.3, -0.25) is 0 Å². The van der Waals surface area contributed by atoms with Crippen molar-refractivity contribution in [2.75, 3.05) is 0 Å². The fourth-order valence-corrected chi connectivity index (χ4v) is 3.57. The summed E-state index contributed by atoms with van der Waals surface area (Å²) < 4.78 is 21.9. The molecule has 0 aliphatic rings. The quantitative estimate of drug-likeness (QED) is 0.194. The molecule has 0 amide bonds. The van der Waals surface area contributed by atoms with Gasteiger partial charge in [-0.15, -0.1) is 54.1 Å². The Labute approximate surface area is 209 Å². The van der Waals surface area contributed by atoms with E-state index in [1.165, 1.54) is 12.3 Å². The van der Waals surface area contributed by atoms with Crippen LogP contribution in [0.3, 0.4) is 0 Å². The molecule has 0 spiro atoms. The van der Waals surface area contributed by atoms with Gasteiger partial charge in [0.1, 0.15) is 5.58 Å². The molecule has 3 aromatic heterocycles. The Morgan fingerprint density at radius 3 is 2.39 bits per heavy atom. The molecule has 3 aromatic carbocycles. The minimum absolute atomic E-state index is 0. The fraction of sp³-hybridized carbons (Fsp3) is 0.0345. The number of hydrogen-bond acceptors (Lipinski definition) is 3. The van der Waals surface area contributed by atoms with Gasteiger partial charge in [-0.2, -0.15) is 0 Å². The number of nitrogens with zero attached hydrogens (tertiary/aromatic N) is 2. The molecule has 6 aromatic rings. The molecule has 0 saturated carbocycles. The average molecular weight is 607 g/mol. The molecule has 0 saturated heterocycles. The number of benzene rings is 3. The van der Waals surface area contributed by atoms with Gasteiger partial charge in [-0.25, -0.2) is 0 Å².